The highest BCUT2D eigenvalue weighted by atomic mass is 16.3. The average molecular weight is 250 g/mol. The van der Waals surface area contributed by atoms with Crippen molar-refractivity contribution in [3.05, 3.63) is 24.2 Å². The van der Waals surface area contributed by atoms with E-state index in [0.717, 1.165) is 25.0 Å². The van der Waals surface area contributed by atoms with Gasteiger partial charge in [0.05, 0.1) is 11.7 Å². The normalized spacial score (nSPS) is 29.2. The van der Waals surface area contributed by atoms with Crippen LogP contribution in [0, 0.1) is 5.41 Å². The molecule has 100 valence electrons. The highest BCUT2D eigenvalue weighted by Crippen LogP contribution is 2.36. The zero-order valence-corrected chi connectivity index (χ0v) is 11.1. The van der Waals surface area contributed by atoms with Crippen molar-refractivity contribution in [2.75, 3.05) is 0 Å². The van der Waals surface area contributed by atoms with Crippen LogP contribution in [0.1, 0.15) is 38.9 Å². The Kier molecular flexibility index (Phi) is 3.76. The largest absolute Gasteiger partial charge is 0.469 e. The van der Waals surface area contributed by atoms with Crippen LogP contribution < -0.4 is 11.1 Å². The van der Waals surface area contributed by atoms with Gasteiger partial charge in [-0.25, -0.2) is 0 Å². The second-order valence-corrected chi connectivity index (χ2v) is 5.57. The third-order valence-corrected chi connectivity index (χ3v) is 4.01. The van der Waals surface area contributed by atoms with E-state index in [4.69, 9.17) is 10.2 Å². The van der Waals surface area contributed by atoms with E-state index in [2.05, 4.69) is 5.32 Å². The molecule has 1 aromatic rings. The Morgan fingerprint density at radius 3 is 3.06 bits per heavy atom. The Balaban J connectivity index is 1.91. The van der Waals surface area contributed by atoms with Crippen molar-refractivity contribution < 1.29 is 9.21 Å². The van der Waals surface area contributed by atoms with E-state index < -0.39 is 5.41 Å². The van der Waals surface area contributed by atoms with Crippen molar-refractivity contribution >= 4 is 5.91 Å². The first-order chi connectivity index (χ1) is 8.52. The Morgan fingerprint density at radius 1 is 1.72 bits per heavy atom. The number of furan rings is 1. The summed E-state index contributed by atoms with van der Waals surface area (Å²) in [7, 11) is 0. The van der Waals surface area contributed by atoms with Gasteiger partial charge in [0.2, 0.25) is 5.91 Å². The molecular weight excluding hydrogens is 228 g/mol. The summed E-state index contributed by atoms with van der Waals surface area (Å²) in [6.07, 6.45) is 5.23. The van der Waals surface area contributed by atoms with E-state index in [0.29, 0.717) is 6.42 Å². The van der Waals surface area contributed by atoms with Crippen LogP contribution in [0.3, 0.4) is 0 Å². The Morgan fingerprint density at radius 2 is 2.50 bits per heavy atom. The van der Waals surface area contributed by atoms with Gasteiger partial charge in [0.15, 0.2) is 0 Å². The van der Waals surface area contributed by atoms with Gasteiger partial charge in [-0.2, -0.15) is 0 Å². The third-order valence-electron chi connectivity index (χ3n) is 4.01. The number of hydrogen-bond donors (Lipinski definition) is 2. The van der Waals surface area contributed by atoms with E-state index in [1.807, 2.05) is 26.0 Å². The van der Waals surface area contributed by atoms with Gasteiger partial charge >= 0.3 is 0 Å². The molecular formula is C14H22N2O2. The first kappa shape index (κ1) is 13.1. The van der Waals surface area contributed by atoms with E-state index in [1.54, 1.807) is 6.26 Å². The summed E-state index contributed by atoms with van der Waals surface area (Å²) in [5.41, 5.74) is 5.64. The highest BCUT2D eigenvalue weighted by Gasteiger charge is 2.43. The number of rotatable bonds is 4. The molecule has 3 unspecified atom stereocenters. The zero-order chi connectivity index (χ0) is 13.2. The maximum Gasteiger partial charge on any atom is 0.227 e. The lowest BCUT2D eigenvalue weighted by atomic mass is 9.84. The van der Waals surface area contributed by atoms with Gasteiger partial charge in [-0.3, -0.25) is 4.79 Å². The quantitative estimate of drug-likeness (QED) is 0.856. The molecule has 2 rings (SSSR count). The van der Waals surface area contributed by atoms with Gasteiger partial charge in [0.25, 0.3) is 0 Å². The van der Waals surface area contributed by atoms with Crippen molar-refractivity contribution in [1.29, 1.82) is 0 Å². The molecule has 1 amide bonds. The van der Waals surface area contributed by atoms with E-state index in [-0.39, 0.29) is 18.0 Å². The number of hydrogen-bond acceptors (Lipinski definition) is 3. The van der Waals surface area contributed by atoms with Gasteiger partial charge < -0.3 is 15.5 Å². The number of nitrogens with two attached hydrogens (primary N) is 1. The van der Waals surface area contributed by atoms with E-state index in [9.17, 15) is 4.79 Å². The Hall–Kier alpha value is -1.29. The molecule has 0 aliphatic heterocycles. The van der Waals surface area contributed by atoms with Gasteiger partial charge in [-0.15, -0.1) is 0 Å². The predicted octanol–water partition coefficient (Wildman–Crippen LogP) is 1.84. The molecule has 4 heteroatoms. The van der Waals surface area contributed by atoms with Crippen molar-refractivity contribution in [1.82, 2.24) is 5.32 Å². The number of nitrogens with one attached hydrogen (secondary N) is 1. The molecule has 3 atom stereocenters. The first-order valence-electron chi connectivity index (χ1n) is 6.61. The smallest absolute Gasteiger partial charge is 0.227 e. The first-order valence-corrected chi connectivity index (χ1v) is 6.61. The second kappa shape index (κ2) is 5.14. The van der Waals surface area contributed by atoms with Crippen molar-refractivity contribution in [2.24, 2.45) is 11.1 Å². The monoisotopic (exact) mass is 250 g/mol. The summed E-state index contributed by atoms with van der Waals surface area (Å²) in [6.45, 7) is 3.96. The molecule has 1 saturated carbocycles. The molecule has 0 bridgehead atoms. The van der Waals surface area contributed by atoms with Crippen molar-refractivity contribution in [3.8, 4) is 0 Å². The molecule has 0 spiro atoms. The lowest BCUT2D eigenvalue weighted by Crippen LogP contribution is -2.50. The van der Waals surface area contributed by atoms with Gasteiger partial charge in [-0.05, 0) is 38.8 Å². The van der Waals surface area contributed by atoms with Crippen molar-refractivity contribution in [2.45, 2.75) is 51.6 Å². The van der Waals surface area contributed by atoms with Gasteiger partial charge in [-0.1, -0.05) is 6.42 Å². The fourth-order valence-corrected chi connectivity index (χ4v) is 2.65. The predicted molar refractivity (Wildman–Crippen MR) is 70.0 cm³/mol. The van der Waals surface area contributed by atoms with Crippen LogP contribution in [0.25, 0.3) is 0 Å². The molecule has 1 aliphatic carbocycles. The summed E-state index contributed by atoms with van der Waals surface area (Å²) in [6, 6.07) is 3.82. The third kappa shape index (κ3) is 2.58. The number of carbonyl (C=O) groups is 1. The standard InChI is InChI=1S/C14H22N2O2/c1-10(9-11-5-4-8-18-11)16-13(17)14(2)7-3-6-12(14)15/h4-5,8,10,12H,3,6-7,9,15H2,1-2H3,(H,16,17). The van der Waals surface area contributed by atoms with Crippen LogP contribution in [0.2, 0.25) is 0 Å². The Bertz CT molecular complexity index is 402. The maximum absolute atomic E-state index is 12.3. The minimum atomic E-state index is -0.405. The lowest BCUT2D eigenvalue weighted by Gasteiger charge is -2.29. The van der Waals surface area contributed by atoms with Crippen molar-refractivity contribution in [3.63, 3.8) is 0 Å². The molecule has 4 nitrogen and oxygen atoms in total. The zero-order valence-electron chi connectivity index (χ0n) is 11.1. The van der Waals surface area contributed by atoms with E-state index >= 15 is 0 Å². The fraction of sp³-hybridized carbons (Fsp3) is 0.643. The summed E-state index contributed by atoms with van der Waals surface area (Å²) >= 11 is 0. The van der Waals surface area contributed by atoms with E-state index in [1.165, 1.54) is 0 Å². The van der Waals surface area contributed by atoms with Gasteiger partial charge in [0.1, 0.15) is 5.76 Å². The molecule has 1 aliphatic rings. The minimum Gasteiger partial charge on any atom is -0.469 e. The summed E-state index contributed by atoms with van der Waals surface area (Å²) in [5, 5.41) is 3.05. The fourth-order valence-electron chi connectivity index (χ4n) is 2.65. The molecule has 1 heterocycles. The minimum absolute atomic E-state index is 0.0201. The molecule has 18 heavy (non-hydrogen) atoms. The molecule has 0 saturated heterocycles. The lowest BCUT2D eigenvalue weighted by molar-refractivity contribution is -0.131. The molecule has 0 radical (unpaired) electrons. The SMILES string of the molecule is CC(Cc1ccco1)NC(=O)C1(C)CCCC1N. The Labute approximate surface area is 108 Å². The average Bonchev–Trinajstić information content (AvgIpc) is 2.91. The summed E-state index contributed by atoms with van der Waals surface area (Å²) < 4.78 is 5.28. The van der Waals surface area contributed by atoms with Crippen LogP contribution in [-0.2, 0) is 11.2 Å². The molecule has 3 N–H and O–H groups in total. The number of carbonyl (C=O) groups excluding carboxylic acids is 1. The topological polar surface area (TPSA) is 68.3 Å². The summed E-state index contributed by atoms with van der Waals surface area (Å²) in [4.78, 5) is 12.3. The highest BCUT2D eigenvalue weighted by molar-refractivity contribution is 5.83. The van der Waals surface area contributed by atoms with Crippen LogP contribution >= 0.6 is 0 Å². The van der Waals surface area contributed by atoms with Crippen LogP contribution in [0.4, 0.5) is 0 Å². The second-order valence-electron chi connectivity index (χ2n) is 5.57. The molecule has 1 aromatic heterocycles. The van der Waals surface area contributed by atoms with Gasteiger partial charge in [0, 0.05) is 18.5 Å². The number of amides is 1. The van der Waals surface area contributed by atoms with Crippen LogP contribution in [-0.4, -0.2) is 18.0 Å². The molecule has 1 fully saturated rings. The van der Waals surface area contributed by atoms with Crippen LogP contribution in [0.15, 0.2) is 22.8 Å². The summed E-state index contributed by atoms with van der Waals surface area (Å²) in [5.74, 6) is 0.968. The van der Waals surface area contributed by atoms with Crippen LogP contribution in [0.5, 0.6) is 0 Å². The molecule has 0 aromatic carbocycles. The maximum atomic E-state index is 12.3.